The van der Waals surface area contributed by atoms with Gasteiger partial charge in [-0.2, -0.15) is 0 Å². The standard InChI is InChI=1S/C32H31N3O/c1-24-14-16-26(17-15-24)29(21-32(36)34-20-18-27-11-7-8-19-33-27)30-23-35(22-25-9-3-2-4-10-25)31-13-6-5-12-28(30)31/h2-17,19,23,29H,18,20-22H2,1H3,(H,34,36)/t29-/m0/s1. The Bertz CT molecular complexity index is 1420. The van der Waals surface area contributed by atoms with E-state index in [0.29, 0.717) is 13.0 Å². The molecule has 0 fully saturated rings. The molecule has 2 aromatic heterocycles. The van der Waals surface area contributed by atoms with Gasteiger partial charge in [-0.05, 0) is 41.8 Å². The summed E-state index contributed by atoms with van der Waals surface area (Å²) >= 11 is 0. The van der Waals surface area contributed by atoms with E-state index < -0.39 is 0 Å². The van der Waals surface area contributed by atoms with Gasteiger partial charge in [0.15, 0.2) is 0 Å². The van der Waals surface area contributed by atoms with Crippen LogP contribution in [0.4, 0.5) is 0 Å². The number of nitrogens with one attached hydrogen (secondary N) is 1. The van der Waals surface area contributed by atoms with E-state index in [1.807, 2.05) is 24.3 Å². The highest BCUT2D eigenvalue weighted by molar-refractivity contribution is 5.86. The van der Waals surface area contributed by atoms with E-state index in [4.69, 9.17) is 0 Å². The van der Waals surface area contributed by atoms with Gasteiger partial charge >= 0.3 is 0 Å². The lowest BCUT2D eigenvalue weighted by molar-refractivity contribution is -0.121. The van der Waals surface area contributed by atoms with Crippen LogP contribution < -0.4 is 5.32 Å². The van der Waals surface area contributed by atoms with Crippen LogP contribution in [0.2, 0.25) is 0 Å². The molecular weight excluding hydrogens is 442 g/mol. The summed E-state index contributed by atoms with van der Waals surface area (Å²) in [6.45, 7) is 3.46. The van der Waals surface area contributed by atoms with E-state index in [-0.39, 0.29) is 11.8 Å². The van der Waals surface area contributed by atoms with Crippen LogP contribution in [0.1, 0.15) is 40.3 Å². The third-order valence-corrected chi connectivity index (χ3v) is 6.69. The van der Waals surface area contributed by atoms with E-state index in [1.165, 1.54) is 27.6 Å². The first-order chi connectivity index (χ1) is 17.7. The maximum Gasteiger partial charge on any atom is 0.220 e. The molecule has 0 aliphatic rings. The largest absolute Gasteiger partial charge is 0.356 e. The second-order valence-corrected chi connectivity index (χ2v) is 9.30. The van der Waals surface area contributed by atoms with Gasteiger partial charge in [0.05, 0.1) is 0 Å². The normalized spacial score (nSPS) is 11.9. The number of hydrogen-bond donors (Lipinski definition) is 1. The van der Waals surface area contributed by atoms with Crippen LogP contribution in [-0.2, 0) is 17.8 Å². The number of para-hydroxylation sites is 1. The number of carbonyl (C=O) groups excluding carboxylic acids is 1. The highest BCUT2D eigenvalue weighted by Crippen LogP contribution is 2.35. The Balaban J connectivity index is 1.44. The maximum atomic E-state index is 13.2. The Hall–Kier alpha value is -4.18. The van der Waals surface area contributed by atoms with Gasteiger partial charge in [-0.15, -0.1) is 0 Å². The number of benzene rings is 3. The zero-order valence-electron chi connectivity index (χ0n) is 20.6. The molecule has 1 atom stereocenters. The van der Waals surface area contributed by atoms with Crippen LogP contribution >= 0.6 is 0 Å². The summed E-state index contributed by atoms with van der Waals surface area (Å²) in [5.41, 5.74) is 6.97. The molecule has 4 nitrogen and oxygen atoms in total. The second kappa shape index (κ2) is 11.0. The molecule has 0 bridgehead atoms. The van der Waals surface area contributed by atoms with Crippen molar-refractivity contribution in [2.45, 2.75) is 32.2 Å². The van der Waals surface area contributed by atoms with Gasteiger partial charge in [0.25, 0.3) is 0 Å². The van der Waals surface area contributed by atoms with Gasteiger partial charge in [-0.1, -0.05) is 84.4 Å². The van der Waals surface area contributed by atoms with Gasteiger partial charge in [0.1, 0.15) is 0 Å². The zero-order chi connectivity index (χ0) is 24.7. The Morgan fingerprint density at radius 3 is 2.42 bits per heavy atom. The first kappa shape index (κ1) is 23.6. The number of pyridine rings is 1. The third kappa shape index (κ3) is 5.55. The lowest BCUT2D eigenvalue weighted by Gasteiger charge is -2.18. The van der Waals surface area contributed by atoms with E-state index in [9.17, 15) is 4.79 Å². The molecule has 5 aromatic rings. The number of carbonyl (C=O) groups is 1. The molecule has 1 amide bonds. The Morgan fingerprint density at radius 2 is 1.64 bits per heavy atom. The Morgan fingerprint density at radius 1 is 0.889 bits per heavy atom. The molecule has 4 heteroatoms. The summed E-state index contributed by atoms with van der Waals surface area (Å²) in [4.78, 5) is 17.5. The van der Waals surface area contributed by atoms with Crippen LogP contribution in [0.15, 0.2) is 109 Å². The van der Waals surface area contributed by atoms with Crippen molar-refractivity contribution in [1.29, 1.82) is 0 Å². The molecule has 0 radical (unpaired) electrons. The van der Waals surface area contributed by atoms with Gasteiger partial charge in [0.2, 0.25) is 5.91 Å². The van der Waals surface area contributed by atoms with Crippen molar-refractivity contribution < 1.29 is 4.79 Å². The quantitative estimate of drug-likeness (QED) is 0.274. The summed E-state index contributed by atoms with van der Waals surface area (Å²) in [7, 11) is 0. The SMILES string of the molecule is Cc1ccc([C@H](CC(=O)NCCc2ccccn2)c2cn(Cc3ccccc3)c3ccccc23)cc1. The van der Waals surface area contributed by atoms with Gasteiger partial charge in [-0.25, -0.2) is 0 Å². The average Bonchev–Trinajstić information content (AvgIpc) is 3.27. The number of rotatable bonds is 9. The van der Waals surface area contributed by atoms with Crippen LogP contribution in [0.25, 0.3) is 10.9 Å². The van der Waals surface area contributed by atoms with Crippen LogP contribution in [-0.4, -0.2) is 22.0 Å². The minimum absolute atomic E-state index is 0.0395. The van der Waals surface area contributed by atoms with Crippen molar-refractivity contribution in [2.24, 2.45) is 0 Å². The fraction of sp³-hybridized carbons (Fsp3) is 0.188. The molecular formula is C32H31N3O. The van der Waals surface area contributed by atoms with Crippen molar-refractivity contribution in [3.8, 4) is 0 Å². The molecule has 0 saturated heterocycles. The monoisotopic (exact) mass is 473 g/mol. The Labute approximate surface area is 212 Å². The van der Waals surface area contributed by atoms with Crippen LogP contribution in [0.3, 0.4) is 0 Å². The molecule has 0 aliphatic carbocycles. The number of amides is 1. The van der Waals surface area contributed by atoms with E-state index in [0.717, 1.165) is 24.2 Å². The van der Waals surface area contributed by atoms with Gasteiger partial charge in [-0.3, -0.25) is 9.78 Å². The van der Waals surface area contributed by atoms with Crippen molar-refractivity contribution in [1.82, 2.24) is 14.9 Å². The summed E-state index contributed by atoms with van der Waals surface area (Å²) in [5.74, 6) is 0.0128. The van der Waals surface area contributed by atoms with Gasteiger partial charge in [0, 0.05) is 60.8 Å². The van der Waals surface area contributed by atoms with Crippen molar-refractivity contribution in [2.75, 3.05) is 6.54 Å². The topological polar surface area (TPSA) is 46.9 Å². The molecule has 0 saturated carbocycles. The molecule has 3 aromatic carbocycles. The van der Waals surface area contributed by atoms with Crippen molar-refractivity contribution >= 4 is 16.8 Å². The molecule has 36 heavy (non-hydrogen) atoms. The van der Waals surface area contributed by atoms with Crippen molar-refractivity contribution in [3.05, 3.63) is 137 Å². The maximum absolute atomic E-state index is 13.2. The second-order valence-electron chi connectivity index (χ2n) is 9.30. The number of fused-ring (bicyclic) bond motifs is 1. The average molecular weight is 474 g/mol. The highest BCUT2D eigenvalue weighted by atomic mass is 16.1. The zero-order valence-corrected chi connectivity index (χ0v) is 20.6. The summed E-state index contributed by atoms with van der Waals surface area (Å²) in [5, 5.41) is 4.32. The molecule has 0 aliphatic heterocycles. The lowest BCUT2D eigenvalue weighted by Crippen LogP contribution is -2.27. The molecule has 2 heterocycles. The predicted octanol–water partition coefficient (Wildman–Crippen LogP) is 6.27. The minimum Gasteiger partial charge on any atom is -0.356 e. The first-order valence-corrected chi connectivity index (χ1v) is 12.5. The predicted molar refractivity (Wildman–Crippen MR) is 146 cm³/mol. The van der Waals surface area contributed by atoms with Crippen LogP contribution in [0, 0.1) is 6.92 Å². The van der Waals surface area contributed by atoms with E-state index in [2.05, 4.69) is 101 Å². The fourth-order valence-electron chi connectivity index (χ4n) is 4.80. The molecule has 5 rings (SSSR count). The summed E-state index contributed by atoms with van der Waals surface area (Å²) < 4.78 is 2.31. The lowest BCUT2D eigenvalue weighted by atomic mass is 9.87. The van der Waals surface area contributed by atoms with Crippen LogP contribution in [0.5, 0.6) is 0 Å². The smallest absolute Gasteiger partial charge is 0.220 e. The number of aryl methyl sites for hydroxylation is 1. The third-order valence-electron chi connectivity index (χ3n) is 6.69. The molecule has 1 N–H and O–H groups in total. The highest BCUT2D eigenvalue weighted by Gasteiger charge is 2.23. The summed E-state index contributed by atoms with van der Waals surface area (Å²) in [6, 6.07) is 33.4. The fourth-order valence-corrected chi connectivity index (χ4v) is 4.80. The van der Waals surface area contributed by atoms with Gasteiger partial charge < -0.3 is 9.88 Å². The van der Waals surface area contributed by atoms with Crippen molar-refractivity contribution in [3.63, 3.8) is 0 Å². The Kier molecular flexibility index (Phi) is 7.23. The number of hydrogen-bond acceptors (Lipinski definition) is 2. The molecule has 180 valence electrons. The molecule has 0 spiro atoms. The minimum atomic E-state index is -0.0395. The molecule has 0 unspecified atom stereocenters. The van der Waals surface area contributed by atoms with E-state index in [1.54, 1.807) is 6.20 Å². The number of aromatic nitrogens is 2. The number of nitrogens with zero attached hydrogens (tertiary/aromatic N) is 2. The summed E-state index contributed by atoms with van der Waals surface area (Å²) in [6.07, 6.45) is 5.14. The first-order valence-electron chi connectivity index (χ1n) is 12.5. The van der Waals surface area contributed by atoms with E-state index >= 15 is 0 Å².